The molecule has 28 heavy (non-hydrogen) atoms. The van der Waals surface area contributed by atoms with Crippen LogP contribution >= 0.6 is 27.7 Å². The summed E-state index contributed by atoms with van der Waals surface area (Å²) >= 11 is 5.01. The highest BCUT2D eigenvalue weighted by molar-refractivity contribution is 9.09. The number of rotatable bonds is 7. The molecule has 0 spiro atoms. The van der Waals surface area contributed by atoms with E-state index in [0.717, 1.165) is 37.9 Å². The van der Waals surface area contributed by atoms with Gasteiger partial charge in [0.15, 0.2) is 0 Å². The van der Waals surface area contributed by atoms with Gasteiger partial charge >= 0.3 is 5.97 Å². The molecule has 0 fully saturated rings. The van der Waals surface area contributed by atoms with Crippen LogP contribution in [0.1, 0.15) is 23.9 Å². The molecule has 3 aromatic rings. The number of alkyl halides is 1. The number of allylic oxidation sites excluding steroid dienone is 1. The number of esters is 1. The molecule has 7 heteroatoms. The van der Waals surface area contributed by atoms with Crippen LogP contribution in [0.4, 0.5) is 0 Å². The van der Waals surface area contributed by atoms with Gasteiger partial charge in [0.2, 0.25) is 0 Å². The van der Waals surface area contributed by atoms with Crippen LogP contribution in [0.3, 0.4) is 0 Å². The fourth-order valence-corrected chi connectivity index (χ4v) is 4.00. The summed E-state index contributed by atoms with van der Waals surface area (Å²) in [5.74, 6) is 0.646. The maximum absolute atomic E-state index is 10.9. The van der Waals surface area contributed by atoms with Crippen molar-refractivity contribution in [2.45, 2.75) is 24.2 Å². The second kappa shape index (κ2) is 9.30. The zero-order valence-electron chi connectivity index (χ0n) is 15.7. The second-order valence-electron chi connectivity index (χ2n) is 6.30. The lowest BCUT2D eigenvalue weighted by Gasteiger charge is -2.07. The van der Waals surface area contributed by atoms with Crippen molar-refractivity contribution in [2.24, 2.45) is 7.05 Å². The predicted octanol–water partition coefficient (Wildman–Crippen LogP) is 5.04. The summed E-state index contributed by atoms with van der Waals surface area (Å²) in [6, 6.07) is 11.8. The van der Waals surface area contributed by atoms with Gasteiger partial charge in [-0.25, -0.2) is 0 Å². The van der Waals surface area contributed by atoms with Crippen molar-refractivity contribution in [3.63, 3.8) is 0 Å². The molecule has 0 amide bonds. The molecule has 5 nitrogen and oxygen atoms in total. The number of carbonyl (C=O) groups excluding carboxylic acids is 1. The number of hydrogen-bond acceptors (Lipinski definition) is 5. The van der Waals surface area contributed by atoms with Crippen molar-refractivity contribution in [3.8, 4) is 5.75 Å². The first-order chi connectivity index (χ1) is 13.5. The van der Waals surface area contributed by atoms with E-state index in [0.29, 0.717) is 5.75 Å². The summed E-state index contributed by atoms with van der Waals surface area (Å²) in [6.45, 7) is 1.56. The van der Waals surface area contributed by atoms with E-state index in [4.69, 9.17) is 4.74 Å². The lowest BCUT2D eigenvalue weighted by atomic mass is 10.1. The molecule has 0 aliphatic heterocycles. The molecular weight excluding hydrogens is 440 g/mol. The van der Waals surface area contributed by atoms with E-state index in [1.54, 1.807) is 22.5 Å². The van der Waals surface area contributed by atoms with E-state index in [1.807, 2.05) is 37.4 Å². The van der Waals surface area contributed by atoms with Crippen molar-refractivity contribution in [1.82, 2.24) is 9.78 Å². The van der Waals surface area contributed by atoms with Gasteiger partial charge in [0.25, 0.3) is 0 Å². The molecule has 0 bridgehead atoms. The summed E-state index contributed by atoms with van der Waals surface area (Å²) in [7, 11) is 1.87. The minimum Gasteiger partial charge on any atom is -0.507 e. The zero-order chi connectivity index (χ0) is 20.1. The molecule has 0 saturated heterocycles. The minimum atomic E-state index is -0.321. The zero-order valence-corrected chi connectivity index (χ0v) is 18.1. The number of thioether (sulfide) groups is 1. The van der Waals surface area contributed by atoms with E-state index in [9.17, 15) is 9.90 Å². The lowest BCUT2D eigenvalue weighted by Crippen LogP contribution is -2.00. The third-order valence-corrected chi connectivity index (χ3v) is 5.55. The van der Waals surface area contributed by atoms with Gasteiger partial charge in [0.1, 0.15) is 18.1 Å². The average molecular weight is 461 g/mol. The Morgan fingerprint density at radius 1 is 1.32 bits per heavy atom. The number of fused-ring (bicyclic) bond motifs is 1. The average Bonchev–Trinajstić information content (AvgIpc) is 3.02. The molecule has 0 saturated carbocycles. The molecule has 0 aliphatic rings. The van der Waals surface area contributed by atoms with Gasteiger partial charge in [0.05, 0.1) is 0 Å². The van der Waals surface area contributed by atoms with E-state index in [2.05, 4.69) is 33.2 Å². The van der Waals surface area contributed by atoms with Gasteiger partial charge in [-0.2, -0.15) is 5.10 Å². The number of aryl methyl sites for hydroxylation is 1. The van der Waals surface area contributed by atoms with Gasteiger partial charge in [-0.05, 0) is 35.2 Å². The number of benzene rings is 2. The number of hydrogen-bond donors (Lipinski definition) is 1. The highest BCUT2D eigenvalue weighted by Crippen LogP contribution is 2.33. The van der Waals surface area contributed by atoms with Gasteiger partial charge < -0.3 is 9.84 Å². The fraction of sp³-hybridized carbons (Fsp3) is 0.238. The number of ether oxygens (including phenoxy) is 1. The summed E-state index contributed by atoms with van der Waals surface area (Å²) in [5.41, 5.74) is 2.83. The summed E-state index contributed by atoms with van der Waals surface area (Å²) < 4.78 is 6.79. The van der Waals surface area contributed by atoms with Crippen molar-refractivity contribution in [2.75, 3.05) is 5.33 Å². The Kier molecular flexibility index (Phi) is 6.80. The highest BCUT2D eigenvalue weighted by Gasteiger charge is 2.09. The van der Waals surface area contributed by atoms with Crippen molar-refractivity contribution in [3.05, 3.63) is 59.4 Å². The topological polar surface area (TPSA) is 64.3 Å². The first kappa shape index (κ1) is 20.5. The molecule has 0 radical (unpaired) electrons. The van der Waals surface area contributed by atoms with E-state index < -0.39 is 0 Å². The van der Waals surface area contributed by atoms with E-state index in [1.165, 1.54) is 6.92 Å². The maximum atomic E-state index is 10.9. The number of halogens is 1. The molecule has 0 atom stereocenters. The Bertz CT molecular complexity index is 1030. The third-order valence-electron chi connectivity index (χ3n) is 4.17. The number of nitrogens with zero attached hydrogens (tertiary/aromatic N) is 2. The van der Waals surface area contributed by atoms with Crippen LogP contribution in [-0.4, -0.2) is 26.2 Å². The van der Waals surface area contributed by atoms with Crippen LogP contribution in [0.15, 0.2) is 47.4 Å². The maximum Gasteiger partial charge on any atom is 0.303 e. The van der Waals surface area contributed by atoms with Gasteiger partial charge in [-0.1, -0.05) is 40.2 Å². The Labute approximate surface area is 176 Å². The molecular formula is C21H21BrN2O3S. The van der Waals surface area contributed by atoms with Gasteiger partial charge in [-0.3, -0.25) is 9.48 Å². The van der Waals surface area contributed by atoms with Crippen LogP contribution in [0.5, 0.6) is 5.75 Å². The van der Waals surface area contributed by atoms with Gasteiger partial charge in [-0.15, -0.1) is 11.8 Å². The van der Waals surface area contributed by atoms with Gasteiger partial charge in [0, 0.05) is 41.0 Å². The van der Waals surface area contributed by atoms with Crippen LogP contribution < -0.4 is 0 Å². The molecule has 1 aromatic heterocycles. The largest absolute Gasteiger partial charge is 0.507 e. The first-order valence-corrected chi connectivity index (χ1v) is 10.8. The molecule has 3 rings (SSSR count). The number of phenols is 1. The number of phenolic OH excluding ortho intramolecular Hbond substituents is 1. The Morgan fingerprint density at radius 2 is 2.14 bits per heavy atom. The SMILES string of the molecule is CC(=O)OCc1cc(CSc2cc(O)c3ccc(/C=C/CBr)cc3c2)n(C)n1. The normalized spacial score (nSPS) is 11.4. The lowest BCUT2D eigenvalue weighted by molar-refractivity contribution is -0.142. The Morgan fingerprint density at radius 3 is 2.89 bits per heavy atom. The molecule has 0 aliphatic carbocycles. The van der Waals surface area contributed by atoms with Crippen LogP contribution in [0.2, 0.25) is 0 Å². The Balaban J connectivity index is 1.77. The second-order valence-corrected chi connectivity index (χ2v) is 8.00. The summed E-state index contributed by atoms with van der Waals surface area (Å²) in [6.07, 6.45) is 4.08. The van der Waals surface area contributed by atoms with Crippen molar-refractivity contribution >= 4 is 50.5 Å². The summed E-state index contributed by atoms with van der Waals surface area (Å²) in [4.78, 5) is 11.9. The van der Waals surface area contributed by atoms with E-state index >= 15 is 0 Å². The molecule has 0 unspecified atom stereocenters. The molecule has 2 aromatic carbocycles. The minimum absolute atomic E-state index is 0.176. The van der Waals surface area contributed by atoms with Crippen molar-refractivity contribution in [1.29, 1.82) is 0 Å². The number of aromatic nitrogens is 2. The number of carbonyl (C=O) groups is 1. The Hall–Kier alpha value is -2.25. The molecule has 146 valence electrons. The van der Waals surface area contributed by atoms with Crippen molar-refractivity contribution < 1.29 is 14.6 Å². The predicted molar refractivity (Wildman–Crippen MR) is 117 cm³/mol. The summed E-state index contributed by atoms with van der Waals surface area (Å²) in [5, 5.41) is 17.4. The quantitative estimate of drug-likeness (QED) is 0.303. The third kappa shape index (κ3) is 5.17. The van der Waals surface area contributed by atoms with E-state index in [-0.39, 0.29) is 18.3 Å². The van der Waals surface area contributed by atoms with Crippen LogP contribution in [-0.2, 0) is 28.9 Å². The van der Waals surface area contributed by atoms with Crippen LogP contribution in [0.25, 0.3) is 16.8 Å². The fourth-order valence-electron chi connectivity index (χ4n) is 2.82. The monoisotopic (exact) mass is 460 g/mol. The molecule has 1 N–H and O–H groups in total. The molecule has 1 heterocycles. The highest BCUT2D eigenvalue weighted by atomic mass is 79.9. The number of aromatic hydroxyl groups is 1. The first-order valence-electron chi connectivity index (χ1n) is 8.73. The smallest absolute Gasteiger partial charge is 0.303 e. The van der Waals surface area contributed by atoms with Crippen LogP contribution in [0, 0.1) is 0 Å². The standard InChI is InChI=1S/C21H21BrN2O3S/c1-14(25)27-12-17-10-18(24(2)23-17)13-28-19-9-16-8-15(4-3-7-22)5-6-20(16)21(26)11-19/h3-6,8-11,26H,7,12-13H2,1-2H3/b4-3+.